The summed E-state index contributed by atoms with van der Waals surface area (Å²) in [5, 5.41) is 3.02. The third kappa shape index (κ3) is 3.44. The van der Waals surface area contributed by atoms with Crippen LogP contribution in [0.5, 0.6) is 0 Å². The van der Waals surface area contributed by atoms with E-state index in [-0.39, 0.29) is 5.75 Å². The Kier molecular flexibility index (Phi) is 4.65. The molecule has 4 aromatic rings. The number of rotatable bonds is 4. The molecule has 0 radical (unpaired) electrons. The predicted molar refractivity (Wildman–Crippen MR) is 114 cm³/mol. The molecular formula is C20H17N3O2S2. The summed E-state index contributed by atoms with van der Waals surface area (Å²) >= 11 is -0.225. The molecule has 7 heteroatoms. The molecule has 0 aliphatic rings. The van der Waals surface area contributed by atoms with Crippen molar-refractivity contribution in [3.05, 3.63) is 65.7 Å². The second-order valence-electron chi connectivity index (χ2n) is 6.20. The van der Waals surface area contributed by atoms with Crippen LogP contribution >= 0.6 is 11.3 Å². The molecule has 0 aliphatic heterocycles. The number of nitrogens with zero attached hydrogens (tertiary/aromatic N) is 1. The second kappa shape index (κ2) is 7.11. The highest BCUT2D eigenvalue weighted by atomic mass is 32.2. The van der Waals surface area contributed by atoms with E-state index in [0.717, 1.165) is 37.9 Å². The largest absolute Gasteiger partial charge is 0.399 e. The zero-order valence-electron chi connectivity index (χ0n) is 14.3. The van der Waals surface area contributed by atoms with Crippen LogP contribution in [0, 0.1) is 0 Å². The minimum absolute atomic E-state index is 0.121. The molecule has 0 amide bonds. The van der Waals surface area contributed by atoms with Crippen LogP contribution in [0.3, 0.4) is 0 Å². The molecule has 136 valence electrons. The van der Waals surface area contributed by atoms with Crippen LogP contribution < -0.4 is 11.5 Å². The van der Waals surface area contributed by atoms with Crippen molar-refractivity contribution < 1.29 is 8.76 Å². The highest BCUT2D eigenvalue weighted by Crippen LogP contribution is 2.41. The van der Waals surface area contributed by atoms with E-state index in [4.69, 9.17) is 16.0 Å². The van der Waals surface area contributed by atoms with Gasteiger partial charge >= 0.3 is 0 Å². The summed E-state index contributed by atoms with van der Waals surface area (Å²) in [6.45, 7) is 0. The van der Waals surface area contributed by atoms with E-state index < -0.39 is 11.1 Å². The number of thiophene rings is 1. The Bertz CT molecular complexity index is 1140. The Morgan fingerprint density at radius 1 is 0.963 bits per heavy atom. The molecule has 0 saturated heterocycles. The van der Waals surface area contributed by atoms with Crippen LogP contribution in [0.25, 0.3) is 32.3 Å². The van der Waals surface area contributed by atoms with E-state index in [1.54, 1.807) is 17.5 Å². The fourth-order valence-corrected chi connectivity index (χ4v) is 4.67. The fourth-order valence-electron chi connectivity index (χ4n) is 3.07. The predicted octanol–water partition coefficient (Wildman–Crippen LogP) is 4.52. The van der Waals surface area contributed by atoms with Gasteiger partial charge in [-0.2, -0.15) is 0 Å². The van der Waals surface area contributed by atoms with Gasteiger partial charge in [0.15, 0.2) is 11.1 Å². The first kappa shape index (κ1) is 17.7. The van der Waals surface area contributed by atoms with E-state index in [9.17, 15) is 4.21 Å². The molecule has 0 aliphatic carbocycles. The van der Waals surface area contributed by atoms with Gasteiger partial charge in [-0.1, -0.05) is 36.4 Å². The summed E-state index contributed by atoms with van der Waals surface area (Å²) in [6.07, 6.45) is 1.78. The lowest BCUT2D eigenvalue weighted by Crippen LogP contribution is -1.94. The summed E-state index contributed by atoms with van der Waals surface area (Å²) in [4.78, 5) is 4.40. The number of nitrogen functional groups attached to an aromatic ring is 2. The number of anilines is 2. The molecule has 1 unspecified atom stereocenters. The Morgan fingerprint density at radius 2 is 1.59 bits per heavy atom. The van der Waals surface area contributed by atoms with Crippen molar-refractivity contribution >= 4 is 44.0 Å². The van der Waals surface area contributed by atoms with Crippen molar-refractivity contribution in [3.63, 3.8) is 0 Å². The Hall–Kier alpha value is -2.74. The van der Waals surface area contributed by atoms with Gasteiger partial charge in [0.25, 0.3) is 0 Å². The van der Waals surface area contributed by atoms with Crippen molar-refractivity contribution in [2.75, 3.05) is 11.5 Å². The fraction of sp³-hybridized carbons (Fsp3) is 0.0500. The van der Waals surface area contributed by atoms with Crippen LogP contribution in [0.2, 0.25) is 0 Å². The molecule has 5 N–H and O–H groups in total. The summed E-state index contributed by atoms with van der Waals surface area (Å²) in [5.74, 6) is 0.616. The van der Waals surface area contributed by atoms with Gasteiger partial charge in [0.05, 0.1) is 5.75 Å². The Balaban J connectivity index is 1.82. The number of hydrogen-bond acceptors (Lipinski definition) is 5. The van der Waals surface area contributed by atoms with Crippen molar-refractivity contribution in [1.82, 2.24) is 4.98 Å². The Labute approximate surface area is 163 Å². The maximum Gasteiger partial charge on any atom is 0.157 e. The minimum atomic E-state index is -1.85. The van der Waals surface area contributed by atoms with E-state index in [0.29, 0.717) is 11.5 Å². The number of nitrogens with two attached hydrogens (primary N) is 2. The van der Waals surface area contributed by atoms with Crippen molar-refractivity contribution in [3.8, 4) is 22.3 Å². The van der Waals surface area contributed by atoms with Gasteiger partial charge in [-0.15, -0.1) is 11.3 Å². The molecule has 2 aromatic heterocycles. The summed E-state index contributed by atoms with van der Waals surface area (Å²) in [7, 11) is 0. The first-order chi connectivity index (χ1) is 13.0. The standard InChI is InChI=1S/C20H17N3O2S2/c21-15-7-5-14(6-8-15)17-10-26-19-16(9-23-20(22)18(17)19)13-3-1-12(2-4-13)11-27(24)25/h1-10H,11,21H2,(H2,22,23)(H,24,25). The third-order valence-electron chi connectivity index (χ3n) is 4.40. The lowest BCUT2D eigenvalue weighted by molar-refractivity contribution is 0.563. The SMILES string of the molecule is Nc1ccc(-c2csc3c(-c4ccc(CS(=O)O)cc4)cnc(N)c23)cc1. The number of hydrogen-bond donors (Lipinski definition) is 3. The molecule has 2 heterocycles. The van der Waals surface area contributed by atoms with Crippen LogP contribution in [-0.4, -0.2) is 13.7 Å². The molecule has 0 bridgehead atoms. The quantitative estimate of drug-likeness (QED) is 0.348. The zero-order valence-corrected chi connectivity index (χ0v) is 15.9. The molecular weight excluding hydrogens is 378 g/mol. The van der Waals surface area contributed by atoms with Gasteiger partial charge < -0.3 is 16.0 Å². The maximum atomic E-state index is 11.0. The highest BCUT2D eigenvalue weighted by Gasteiger charge is 2.15. The van der Waals surface area contributed by atoms with Crippen LogP contribution in [0.4, 0.5) is 11.5 Å². The lowest BCUT2D eigenvalue weighted by atomic mass is 10.0. The molecule has 0 saturated carbocycles. The molecule has 0 spiro atoms. The molecule has 4 rings (SSSR count). The monoisotopic (exact) mass is 395 g/mol. The third-order valence-corrected chi connectivity index (χ3v) is 5.99. The van der Waals surface area contributed by atoms with Crippen LogP contribution in [0.15, 0.2) is 60.1 Å². The van der Waals surface area contributed by atoms with E-state index >= 15 is 0 Å². The average molecular weight is 396 g/mol. The zero-order chi connectivity index (χ0) is 19.0. The van der Waals surface area contributed by atoms with Crippen molar-refractivity contribution in [2.24, 2.45) is 0 Å². The van der Waals surface area contributed by atoms with Crippen LogP contribution in [0.1, 0.15) is 5.56 Å². The highest BCUT2D eigenvalue weighted by molar-refractivity contribution is 7.78. The first-order valence-electron chi connectivity index (χ1n) is 8.21. The lowest BCUT2D eigenvalue weighted by Gasteiger charge is -2.08. The van der Waals surface area contributed by atoms with Crippen LogP contribution in [-0.2, 0) is 16.8 Å². The molecule has 27 heavy (non-hydrogen) atoms. The molecule has 2 aromatic carbocycles. The molecule has 1 atom stereocenters. The number of benzene rings is 2. The van der Waals surface area contributed by atoms with E-state index in [2.05, 4.69) is 10.4 Å². The number of aromatic nitrogens is 1. The van der Waals surface area contributed by atoms with Gasteiger partial charge in [-0.3, -0.25) is 0 Å². The topological polar surface area (TPSA) is 102 Å². The molecule has 0 fully saturated rings. The minimum Gasteiger partial charge on any atom is -0.399 e. The summed E-state index contributed by atoms with van der Waals surface area (Å²) < 4.78 is 21.1. The van der Waals surface area contributed by atoms with Gasteiger partial charge in [0.2, 0.25) is 0 Å². The van der Waals surface area contributed by atoms with Gasteiger partial charge in [0.1, 0.15) is 5.82 Å². The van der Waals surface area contributed by atoms with E-state index in [1.165, 1.54) is 0 Å². The van der Waals surface area contributed by atoms with Crippen molar-refractivity contribution in [2.45, 2.75) is 5.75 Å². The van der Waals surface area contributed by atoms with Gasteiger partial charge in [0, 0.05) is 33.1 Å². The number of fused-ring (bicyclic) bond motifs is 1. The average Bonchev–Trinajstić information content (AvgIpc) is 3.09. The smallest absolute Gasteiger partial charge is 0.157 e. The van der Waals surface area contributed by atoms with Crippen molar-refractivity contribution in [1.29, 1.82) is 0 Å². The van der Waals surface area contributed by atoms with E-state index in [1.807, 2.05) is 48.5 Å². The first-order valence-corrected chi connectivity index (χ1v) is 10.4. The Morgan fingerprint density at radius 3 is 2.26 bits per heavy atom. The summed E-state index contributed by atoms with van der Waals surface area (Å²) in [6, 6.07) is 15.3. The van der Waals surface area contributed by atoms with Gasteiger partial charge in [-0.25, -0.2) is 9.19 Å². The maximum absolute atomic E-state index is 11.0. The molecule has 5 nitrogen and oxygen atoms in total. The normalized spacial score (nSPS) is 12.3. The second-order valence-corrected chi connectivity index (χ2v) is 8.01. The number of pyridine rings is 1. The van der Waals surface area contributed by atoms with Gasteiger partial charge in [-0.05, 0) is 34.2 Å². The summed E-state index contributed by atoms with van der Waals surface area (Å²) in [5.41, 5.74) is 17.6.